The molecule has 1 aliphatic rings. The van der Waals surface area contributed by atoms with Crippen LogP contribution in [0.2, 0.25) is 0 Å². The van der Waals surface area contributed by atoms with Crippen molar-refractivity contribution >= 4 is 11.8 Å². The molecule has 0 aromatic heterocycles. The van der Waals surface area contributed by atoms with Gasteiger partial charge in [0, 0.05) is 12.6 Å². The van der Waals surface area contributed by atoms with Crippen molar-refractivity contribution in [2.75, 3.05) is 20.8 Å². The number of nitrogens with zero attached hydrogens (tertiary/aromatic N) is 2. The van der Waals surface area contributed by atoms with Gasteiger partial charge < -0.3 is 9.47 Å². The van der Waals surface area contributed by atoms with Crippen LogP contribution in [0.25, 0.3) is 0 Å². The summed E-state index contributed by atoms with van der Waals surface area (Å²) in [7, 11) is 2.85. The highest BCUT2D eigenvalue weighted by Gasteiger charge is 2.28. The van der Waals surface area contributed by atoms with E-state index in [1.54, 1.807) is 31.4 Å². The predicted octanol–water partition coefficient (Wildman–Crippen LogP) is 0.688. The third-order valence-electron chi connectivity index (χ3n) is 2.59. The molecule has 0 saturated carbocycles. The zero-order valence-corrected chi connectivity index (χ0v) is 10.2. The van der Waals surface area contributed by atoms with Gasteiger partial charge in [0.05, 0.1) is 7.11 Å². The average Bonchev–Trinajstić information content (AvgIpc) is 2.87. The zero-order valence-electron chi connectivity index (χ0n) is 10.2. The average molecular weight is 250 g/mol. The van der Waals surface area contributed by atoms with Gasteiger partial charge in [-0.2, -0.15) is 0 Å². The van der Waals surface area contributed by atoms with E-state index >= 15 is 0 Å². The molecular weight excluding hydrogens is 236 g/mol. The number of ether oxygens (including phenoxy) is 2. The summed E-state index contributed by atoms with van der Waals surface area (Å²) in [6.45, 7) is 0.144. The summed E-state index contributed by atoms with van der Waals surface area (Å²) >= 11 is 0. The Hall–Kier alpha value is -2.08. The number of hydrogen-bond donors (Lipinski definition) is 1. The summed E-state index contributed by atoms with van der Waals surface area (Å²) in [4.78, 5) is 15.6. The number of hydroxylamine groups is 2. The Balaban J connectivity index is 2.14. The molecule has 2 rings (SSSR count). The van der Waals surface area contributed by atoms with Crippen LogP contribution in [0.3, 0.4) is 0 Å². The number of benzene rings is 1. The van der Waals surface area contributed by atoms with Crippen molar-refractivity contribution in [1.82, 2.24) is 5.06 Å². The van der Waals surface area contributed by atoms with Crippen LogP contribution in [-0.4, -0.2) is 48.9 Å². The van der Waals surface area contributed by atoms with Crippen LogP contribution in [0.5, 0.6) is 5.75 Å². The molecule has 1 N–H and O–H groups in total. The number of hydrogen-bond acceptors (Lipinski definition) is 5. The molecule has 0 radical (unpaired) electrons. The topological polar surface area (TPSA) is 71.4 Å². The normalized spacial score (nSPS) is 17.9. The standard InChI is InChI=1S/C12H14N2O4/c1-14(16)12(15)10-7-18-11(13-10)8-3-5-9(17-2)6-4-8/h3-6,10,16H,7H2,1-2H3/t10-/m1/s1. The first-order valence-corrected chi connectivity index (χ1v) is 5.43. The van der Waals surface area contributed by atoms with Crippen LogP contribution >= 0.6 is 0 Å². The number of methoxy groups -OCH3 is 1. The number of carbonyl (C=O) groups excluding carboxylic acids is 1. The summed E-state index contributed by atoms with van der Waals surface area (Å²) in [6.07, 6.45) is 0. The lowest BCUT2D eigenvalue weighted by Gasteiger charge is -2.09. The third kappa shape index (κ3) is 2.43. The number of carbonyl (C=O) groups is 1. The molecule has 96 valence electrons. The minimum Gasteiger partial charge on any atom is -0.497 e. The lowest BCUT2D eigenvalue weighted by Crippen LogP contribution is -2.33. The van der Waals surface area contributed by atoms with E-state index in [0.717, 1.165) is 11.3 Å². The first-order chi connectivity index (χ1) is 8.61. The van der Waals surface area contributed by atoms with Crippen molar-refractivity contribution in [2.45, 2.75) is 6.04 Å². The van der Waals surface area contributed by atoms with Gasteiger partial charge in [0.2, 0.25) is 5.90 Å². The van der Waals surface area contributed by atoms with Crippen molar-refractivity contribution in [3.05, 3.63) is 29.8 Å². The fourth-order valence-corrected chi connectivity index (χ4v) is 1.61. The second kappa shape index (κ2) is 5.05. The van der Waals surface area contributed by atoms with Crippen LogP contribution < -0.4 is 4.74 Å². The first kappa shape index (κ1) is 12.4. The van der Waals surface area contributed by atoms with Crippen LogP contribution in [0.1, 0.15) is 5.56 Å². The fourth-order valence-electron chi connectivity index (χ4n) is 1.61. The number of likely N-dealkylation sites (N-methyl/N-ethyl adjacent to an activating group) is 1. The lowest BCUT2D eigenvalue weighted by atomic mass is 10.2. The van der Waals surface area contributed by atoms with Crippen LogP contribution in [0.4, 0.5) is 0 Å². The summed E-state index contributed by atoms with van der Waals surface area (Å²) in [5.41, 5.74) is 0.770. The lowest BCUT2D eigenvalue weighted by molar-refractivity contribution is -0.160. The zero-order chi connectivity index (χ0) is 13.1. The Labute approximate surface area is 104 Å². The molecule has 1 aliphatic heterocycles. The minimum absolute atomic E-state index is 0.144. The van der Waals surface area contributed by atoms with Crippen LogP contribution in [-0.2, 0) is 9.53 Å². The van der Waals surface area contributed by atoms with E-state index in [-0.39, 0.29) is 6.61 Å². The third-order valence-corrected chi connectivity index (χ3v) is 2.59. The highest BCUT2D eigenvalue weighted by atomic mass is 16.5. The number of rotatable bonds is 3. The van der Waals surface area contributed by atoms with E-state index in [2.05, 4.69) is 4.99 Å². The Morgan fingerprint density at radius 3 is 2.72 bits per heavy atom. The quantitative estimate of drug-likeness (QED) is 0.633. The second-order valence-electron chi connectivity index (χ2n) is 3.85. The maximum absolute atomic E-state index is 11.5. The van der Waals surface area contributed by atoms with Crippen LogP contribution in [0, 0.1) is 0 Å². The van der Waals surface area contributed by atoms with E-state index < -0.39 is 11.9 Å². The molecule has 0 fully saturated rings. The molecule has 1 aromatic carbocycles. The fraction of sp³-hybridized carbons (Fsp3) is 0.333. The summed E-state index contributed by atoms with van der Waals surface area (Å²) < 4.78 is 10.4. The SMILES string of the molecule is COc1ccc(C2=N[C@@H](C(=O)N(C)O)CO2)cc1. The molecule has 0 bridgehead atoms. The molecule has 1 atom stereocenters. The first-order valence-electron chi connectivity index (χ1n) is 5.43. The molecule has 0 spiro atoms. The Bertz CT molecular complexity index is 467. The number of amides is 1. The molecule has 18 heavy (non-hydrogen) atoms. The van der Waals surface area contributed by atoms with E-state index in [4.69, 9.17) is 14.7 Å². The smallest absolute Gasteiger partial charge is 0.274 e. The highest BCUT2D eigenvalue weighted by molar-refractivity contribution is 5.98. The second-order valence-corrected chi connectivity index (χ2v) is 3.85. The Kier molecular flexibility index (Phi) is 3.47. The van der Waals surface area contributed by atoms with E-state index in [9.17, 15) is 4.79 Å². The van der Waals surface area contributed by atoms with Crippen molar-refractivity contribution in [3.63, 3.8) is 0 Å². The summed E-state index contributed by atoms with van der Waals surface area (Å²) in [6, 6.07) is 6.49. The molecular formula is C12H14N2O4. The molecule has 0 aliphatic carbocycles. The van der Waals surface area contributed by atoms with Gasteiger partial charge in [-0.3, -0.25) is 10.0 Å². The molecule has 6 heteroatoms. The Morgan fingerprint density at radius 1 is 1.50 bits per heavy atom. The minimum atomic E-state index is -0.683. The Morgan fingerprint density at radius 2 is 2.17 bits per heavy atom. The van der Waals surface area contributed by atoms with Crippen molar-refractivity contribution in [3.8, 4) is 5.75 Å². The van der Waals surface area contributed by atoms with Gasteiger partial charge in [0.15, 0.2) is 6.04 Å². The van der Waals surface area contributed by atoms with E-state index in [1.165, 1.54) is 7.05 Å². The van der Waals surface area contributed by atoms with Gasteiger partial charge in [0.25, 0.3) is 5.91 Å². The number of aliphatic imine (C=N–C) groups is 1. The van der Waals surface area contributed by atoms with Gasteiger partial charge in [-0.25, -0.2) is 10.1 Å². The summed E-state index contributed by atoms with van der Waals surface area (Å²) in [5, 5.41) is 9.57. The monoisotopic (exact) mass is 250 g/mol. The highest BCUT2D eigenvalue weighted by Crippen LogP contribution is 2.16. The van der Waals surface area contributed by atoms with E-state index in [1.807, 2.05) is 0 Å². The van der Waals surface area contributed by atoms with Crippen molar-refractivity contribution in [1.29, 1.82) is 0 Å². The van der Waals surface area contributed by atoms with Crippen molar-refractivity contribution in [2.24, 2.45) is 4.99 Å². The van der Waals surface area contributed by atoms with Gasteiger partial charge >= 0.3 is 0 Å². The molecule has 1 amide bonds. The van der Waals surface area contributed by atoms with E-state index in [0.29, 0.717) is 11.0 Å². The molecule has 1 aromatic rings. The molecule has 0 saturated heterocycles. The van der Waals surface area contributed by atoms with Gasteiger partial charge in [0.1, 0.15) is 12.4 Å². The largest absolute Gasteiger partial charge is 0.497 e. The maximum atomic E-state index is 11.5. The van der Waals surface area contributed by atoms with Gasteiger partial charge in [-0.05, 0) is 24.3 Å². The van der Waals surface area contributed by atoms with Crippen molar-refractivity contribution < 1.29 is 19.5 Å². The molecule has 6 nitrogen and oxygen atoms in total. The van der Waals surface area contributed by atoms with Crippen LogP contribution in [0.15, 0.2) is 29.3 Å². The molecule has 1 heterocycles. The molecule has 0 unspecified atom stereocenters. The summed E-state index contributed by atoms with van der Waals surface area (Å²) in [5.74, 6) is 0.649. The predicted molar refractivity (Wildman–Crippen MR) is 63.8 cm³/mol. The van der Waals surface area contributed by atoms with Gasteiger partial charge in [-0.1, -0.05) is 0 Å². The maximum Gasteiger partial charge on any atom is 0.274 e. The van der Waals surface area contributed by atoms with Gasteiger partial charge in [-0.15, -0.1) is 0 Å².